The number of pyridine rings is 1. The van der Waals surface area contributed by atoms with Crippen molar-refractivity contribution >= 4 is 23.4 Å². The van der Waals surface area contributed by atoms with E-state index in [0.717, 1.165) is 19.4 Å². The van der Waals surface area contributed by atoms with Crippen molar-refractivity contribution in [3.05, 3.63) is 27.9 Å². The highest BCUT2D eigenvalue weighted by Crippen LogP contribution is 2.30. The minimum Gasteiger partial charge on any atom is -0.464 e. The van der Waals surface area contributed by atoms with E-state index in [1.165, 1.54) is 31.0 Å². The zero-order valence-corrected chi connectivity index (χ0v) is 11.7. The molecule has 7 nitrogen and oxygen atoms in total. The van der Waals surface area contributed by atoms with Crippen molar-refractivity contribution in [2.75, 3.05) is 19.5 Å². The second-order valence-electron chi connectivity index (χ2n) is 4.22. The van der Waals surface area contributed by atoms with Crippen molar-refractivity contribution in [1.29, 1.82) is 0 Å². The quantitative estimate of drug-likeness (QED) is 0.355. The zero-order chi connectivity index (χ0) is 14.5. The van der Waals surface area contributed by atoms with Crippen molar-refractivity contribution < 1.29 is 19.2 Å². The normalized spacial score (nSPS) is 17.9. The predicted octanol–water partition coefficient (Wildman–Crippen LogP) is 2.05. The van der Waals surface area contributed by atoms with E-state index < -0.39 is 10.9 Å². The Labute approximate surface area is 119 Å². The van der Waals surface area contributed by atoms with Gasteiger partial charge in [0.25, 0.3) is 0 Å². The van der Waals surface area contributed by atoms with Crippen LogP contribution in [-0.2, 0) is 9.47 Å². The molecule has 0 aromatic carbocycles. The van der Waals surface area contributed by atoms with Crippen LogP contribution in [0, 0.1) is 10.1 Å². The molecule has 0 radical (unpaired) electrons. The Morgan fingerprint density at radius 3 is 3.05 bits per heavy atom. The molecule has 20 heavy (non-hydrogen) atoms. The average Bonchev–Trinajstić information content (AvgIpc) is 2.97. The van der Waals surface area contributed by atoms with Gasteiger partial charge in [0.2, 0.25) is 0 Å². The van der Waals surface area contributed by atoms with Crippen LogP contribution in [0.5, 0.6) is 0 Å². The van der Waals surface area contributed by atoms with E-state index in [4.69, 9.17) is 4.74 Å². The van der Waals surface area contributed by atoms with E-state index in [9.17, 15) is 14.9 Å². The lowest BCUT2D eigenvalue weighted by molar-refractivity contribution is -0.388. The molecule has 0 N–H and O–H groups in total. The number of nitrogens with zero attached hydrogens (tertiary/aromatic N) is 2. The second kappa shape index (κ2) is 6.67. The fraction of sp³-hybridized carbons (Fsp3) is 0.500. The maximum absolute atomic E-state index is 11.4. The summed E-state index contributed by atoms with van der Waals surface area (Å²) in [5.74, 6) is -0.0304. The molecule has 1 unspecified atom stereocenters. The van der Waals surface area contributed by atoms with E-state index in [-0.39, 0.29) is 22.5 Å². The van der Waals surface area contributed by atoms with Crippen LogP contribution in [0.4, 0.5) is 5.69 Å². The highest BCUT2D eigenvalue weighted by molar-refractivity contribution is 7.99. The number of carbonyl (C=O) groups excluding carboxylic acids is 1. The smallest absolute Gasteiger partial charge is 0.356 e. The molecule has 1 saturated heterocycles. The summed E-state index contributed by atoms with van der Waals surface area (Å²) in [5.41, 5.74) is -0.0476. The monoisotopic (exact) mass is 298 g/mol. The number of aromatic nitrogens is 1. The van der Waals surface area contributed by atoms with Gasteiger partial charge in [0, 0.05) is 18.4 Å². The zero-order valence-electron chi connectivity index (χ0n) is 10.9. The van der Waals surface area contributed by atoms with Crippen LogP contribution in [0.2, 0.25) is 0 Å². The molecule has 0 spiro atoms. The molecular weight excluding hydrogens is 284 g/mol. The van der Waals surface area contributed by atoms with Gasteiger partial charge in [-0.15, -0.1) is 0 Å². The summed E-state index contributed by atoms with van der Waals surface area (Å²) in [6, 6.07) is 2.57. The molecule has 1 aliphatic rings. The van der Waals surface area contributed by atoms with Crippen LogP contribution in [0.25, 0.3) is 0 Å². The maximum Gasteiger partial charge on any atom is 0.356 e. The first-order chi connectivity index (χ1) is 9.61. The lowest BCUT2D eigenvalue weighted by Crippen LogP contribution is -2.10. The number of methoxy groups -OCH3 is 1. The Hall–Kier alpha value is -1.67. The van der Waals surface area contributed by atoms with E-state index in [2.05, 4.69) is 9.72 Å². The lowest BCUT2D eigenvalue weighted by atomic mass is 10.3. The summed E-state index contributed by atoms with van der Waals surface area (Å²) in [6.45, 7) is 0.725. The van der Waals surface area contributed by atoms with Gasteiger partial charge in [-0.1, -0.05) is 11.8 Å². The van der Waals surface area contributed by atoms with Crippen molar-refractivity contribution in [2.24, 2.45) is 0 Å². The van der Waals surface area contributed by atoms with Gasteiger partial charge in [0.1, 0.15) is 5.69 Å². The maximum atomic E-state index is 11.4. The molecule has 1 aromatic heterocycles. The lowest BCUT2D eigenvalue weighted by Gasteiger charge is -2.09. The molecule has 0 bridgehead atoms. The molecular formula is C12H14N2O5S. The molecule has 0 amide bonds. The van der Waals surface area contributed by atoms with E-state index in [0.29, 0.717) is 5.75 Å². The van der Waals surface area contributed by atoms with Crippen molar-refractivity contribution in [1.82, 2.24) is 4.98 Å². The minimum absolute atomic E-state index is 0.0629. The Morgan fingerprint density at radius 2 is 2.45 bits per heavy atom. The van der Waals surface area contributed by atoms with Crippen LogP contribution in [0.1, 0.15) is 23.3 Å². The third-order valence-electron chi connectivity index (χ3n) is 2.86. The largest absolute Gasteiger partial charge is 0.464 e. The summed E-state index contributed by atoms with van der Waals surface area (Å²) >= 11 is 1.23. The number of thioether (sulfide) groups is 1. The Balaban J connectivity index is 2.17. The summed E-state index contributed by atoms with van der Waals surface area (Å²) in [6.07, 6.45) is 2.03. The van der Waals surface area contributed by atoms with Gasteiger partial charge in [-0.3, -0.25) is 10.1 Å². The number of nitro groups is 1. The summed E-state index contributed by atoms with van der Waals surface area (Å²) < 4.78 is 10.0. The molecule has 8 heteroatoms. The molecule has 1 atom stereocenters. The van der Waals surface area contributed by atoms with Gasteiger partial charge < -0.3 is 9.47 Å². The van der Waals surface area contributed by atoms with Crippen LogP contribution >= 0.6 is 11.8 Å². The molecule has 108 valence electrons. The summed E-state index contributed by atoms with van der Waals surface area (Å²) in [7, 11) is 1.24. The van der Waals surface area contributed by atoms with Gasteiger partial charge in [0.15, 0.2) is 5.03 Å². The molecule has 2 rings (SSSR count). The first-order valence-electron chi connectivity index (χ1n) is 6.10. The van der Waals surface area contributed by atoms with Crippen LogP contribution < -0.4 is 0 Å². The average molecular weight is 298 g/mol. The highest BCUT2D eigenvalue weighted by atomic mass is 32.2. The van der Waals surface area contributed by atoms with E-state index in [1.807, 2.05) is 0 Å². The Kier molecular flexibility index (Phi) is 4.91. The minimum atomic E-state index is -0.612. The number of hydrogen-bond donors (Lipinski definition) is 0. The SMILES string of the molecule is COC(=O)c1ccc([N+](=O)[O-])c(SCC2CCCO2)n1. The molecule has 0 saturated carbocycles. The summed E-state index contributed by atoms with van der Waals surface area (Å²) in [5, 5.41) is 11.2. The highest BCUT2D eigenvalue weighted by Gasteiger charge is 2.22. The van der Waals surface area contributed by atoms with Crippen molar-refractivity contribution in [3.63, 3.8) is 0 Å². The van der Waals surface area contributed by atoms with Gasteiger partial charge in [0.05, 0.1) is 18.1 Å². The fourth-order valence-electron chi connectivity index (χ4n) is 1.84. The number of hydrogen-bond acceptors (Lipinski definition) is 7. The van der Waals surface area contributed by atoms with E-state index in [1.54, 1.807) is 0 Å². The first kappa shape index (κ1) is 14.7. The van der Waals surface area contributed by atoms with Gasteiger partial charge in [-0.2, -0.15) is 0 Å². The summed E-state index contributed by atoms with van der Waals surface area (Å²) in [4.78, 5) is 25.9. The number of rotatable bonds is 5. The van der Waals surface area contributed by atoms with Gasteiger partial charge in [-0.25, -0.2) is 9.78 Å². The van der Waals surface area contributed by atoms with Crippen LogP contribution in [0.15, 0.2) is 17.2 Å². The Morgan fingerprint density at radius 1 is 1.65 bits per heavy atom. The fourth-order valence-corrected chi connectivity index (χ4v) is 2.90. The molecule has 0 aliphatic carbocycles. The standard InChI is InChI=1S/C12H14N2O5S/c1-18-12(15)9-4-5-10(14(16)17)11(13-9)20-7-8-3-2-6-19-8/h4-5,8H,2-3,6-7H2,1H3. The van der Waals surface area contributed by atoms with Gasteiger partial charge in [-0.05, 0) is 18.9 Å². The first-order valence-corrected chi connectivity index (χ1v) is 7.08. The van der Waals surface area contributed by atoms with Gasteiger partial charge >= 0.3 is 11.7 Å². The third-order valence-corrected chi connectivity index (χ3v) is 3.97. The van der Waals surface area contributed by atoms with Crippen LogP contribution in [-0.4, -0.2) is 41.5 Å². The molecule has 1 aromatic rings. The van der Waals surface area contributed by atoms with E-state index >= 15 is 0 Å². The second-order valence-corrected chi connectivity index (χ2v) is 5.22. The predicted molar refractivity (Wildman–Crippen MR) is 71.9 cm³/mol. The number of carbonyl (C=O) groups is 1. The van der Waals surface area contributed by atoms with Crippen molar-refractivity contribution in [3.8, 4) is 0 Å². The van der Waals surface area contributed by atoms with Crippen molar-refractivity contribution in [2.45, 2.75) is 24.0 Å². The van der Waals surface area contributed by atoms with Crippen LogP contribution in [0.3, 0.4) is 0 Å². The number of ether oxygens (including phenoxy) is 2. The Bertz CT molecular complexity index is 517. The molecule has 1 fully saturated rings. The third kappa shape index (κ3) is 3.45. The molecule has 1 aliphatic heterocycles. The topological polar surface area (TPSA) is 91.6 Å². The number of esters is 1. The molecule has 2 heterocycles.